The number of fused-ring (bicyclic) bond motifs is 1. The van der Waals surface area contributed by atoms with Crippen molar-refractivity contribution in [1.82, 2.24) is 4.90 Å². The van der Waals surface area contributed by atoms with Crippen LogP contribution in [0.25, 0.3) is 0 Å². The maximum atomic E-state index is 13.4. The fourth-order valence-corrected chi connectivity index (χ4v) is 3.96. The quantitative estimate of drug-likeness (QED) is 0.755. The van der Waals surface area contributed by atoms with E-state index in [0.29, 0.717) is 19.4 Å². The van der Waals surface area contributed by atoms with Gasteiger partial charge in [0.25, 0.3) is 0 Å². The Labute approximate surface area is 158 Å². The molecule has 2 aromatic rings. The molecule has 0 radical (unpaired) electrons. The normalized spacial score (nSPS) is 15.9. The van der Waals surface area contributed by atoms with Crippen molar-refractivity contribution >= 4 is 5.91 Å². The van der Waals surface area contributed by atoms with Crippen molar-refractivity contribution in [2.45, 2.75) is 51.1 Å². The second-order valence-corrected chi connectivity index (χ2v) is 7.28. The SMILES string of the molecule is O=C(CCc1cccc(F)c1)N(Cc1ccc2c(c1)OCO2)C1CCCC1. The molecule has 1 fully saturated rings. The van der Waals surface area contributed by atoms with Gasteiger partial charge in [-0.2, -0.15) is 0 Å². The number of hydrogen-bond acceptors (Lipinski definition) is 3. The minimum Gasteiger partial charge on any atom is -0.454 e. The van der Waals surface area contributed by atoms with Gasteiger partial charge in [0.05, 0.1) is 0 Å². The average molecular weight is 369 g/mol. The van der Waals surface area contributed by atoms with Gasteiger partial charge >= 0.3 is 0 Å². The van der Waals surface area contributed by atoms with Gasteiger partial charge < -0.3 is 14.4 Å². The molecule has 1 heterocycles. The Morgan fingerprint density at radius 1 is 1.04 bits per heavy atom. The van der Waals surface area contributed by atoms with E-state index < -0.39 is 0 Å². The molecule has 142 valence electrons. The van der Waals surface area contributed by atoms with E-state index in [-0.39, 0.29) is 24.6 Å². The van der Waals surface area contributed by atoms with Crippen LogP contribution in [0.1, 0.15) is 43.2 Å². The first-order valence-electron chi connectivity index (χ1n) is 9.61. The average Bonchev–Trinajstić information content (AvgIpc) is 3.35. The van der Waals surface area contributed by atoms with E-state index in [1.54, 1.807) is 6.07 Å². The van der Waals surface area contributed by atoms with Gasteiger partial charge in [-0.05, 0) is 54.7 Å². The molecule has 5 heteroatoms. The summed E-state index contributed by atoms with van der Waals surface area (Å²) in [6, 6.07) is 12.6. The number of ether oxygens (including phenoxy) is 2. The maximum absolute atomic E-state index is 13.4. The highest BCUT2D eigenvalue weighted by atomic mass is 19.1. The molecular weight excluding hydrogens is 345 g/mol. The molecular formula is C22H24FNO3. The number of hydrogen-bond donors (Lipinski definition) is 0. The molecule has 0 aromatic heterocycles. The summed E-state index contributed by atoms with van der Waals surface area (Å²) in [4.78, 5) is 15.0. The summed E-state index contributed by atoms with van der Waals surface area (Å²) in [5.74, 6) is 1.37. The fraction of sp³-hybridized carbons (Fsp3) is 0.409. The van der Waals surface area contributed by atoms with Crippen LogP contribution in [0, 0.1) is 5.82 Å². The largest absolute Gasteiger partial charge is 0.454 e. The van der Waals surface area contributed by atoms with E-state index in [1.165, 1.54) is 25.0 Å². The Bertz CT molecular complexity index is 817. The highest BCUT2D eigenvalue weighted by Crippen LogP contribution is 2.34. The van der Waals surface area contributed by atoms with E-state index >= 15 is 0 Å². The van der Waals surface area contributed by atoms with Crippen LogP contribution in [-0.2, 0) is 17.8 Å². The summed E-state index contributed by atoms with van der Waals surface area (Å²) in [5, 5.41) is 0. The zero-order valence-electron chi connectivity index (χ0n) is 15.3. The van der Waals surface area contributed by atoms with Gasteiger partial charge in [0.1, 0.15) is 5.82 Å². The topological polar surface area (TPSA) is 38.8 Å². The van der Waals surface area contributed by atoms with E-state index in [0.717, 1.165) is 35.5 Å². The minimum atomic E-state index is -0.257. The summed E-state index contributed by atoms with van der Waals surface area (Å²) in [6.45, 7) is 0.820. The van der Waals surface area contributed by atoms with Crippen molar-refractivity contribution in [3.63, 3.8) is 0 Å². The molecule has 0 bridgehead atoms. The Morgan fingerprint density at radius 2 is 1.85 bits per heavy atom. The molecule has 2 aliphatic rings. The number of benzene rings is 2. The lowest BCUT2D eigenvalue weighted by Gasteiger charge is -2.29. The zero-order valence-corrected chi connectivity index (χ0v) is 15.3. The molecule has 0 spiro atoms. The van der Waals surface area contributed by atoms with Crippen molar-refractivity contribution in [2.24, 2.45) is 0 Å². The van der Waals surface area contributed by atoms with E-state index in [9.17, 15) is 9.18 Å². The van der Waals surface area contributed by atoms with Crippen molar-refractivity contribution in [2.75, 3.05) is 6.79 Å². The van der Waals surface area contributed by atoms with Crippen LogP contribution in [0.15, 0.2) is 42.5 Å². The van der Waals surface area contributed by atoms with Crippen LogP contribution < -0.4 is 9.47 Å². The molecule has 1 amide bonds. The monoisotopic (exact) mass is 369 g/mol. The van der Waals surface area contributed by atoms with Crippen LogP contribution in [0.4, 0.5) is 4.39 Å². The second-order valence-electron chi connectivity index (χ2n) is 7.28. The zero-order chi connectivity index (χ0) is 18.6. The lowest BCUT2D eigenvalue weighted by Crippen LogP contribution is -2.38. The maximum Gasteiger partial charge on any atom is 0.231 e. The molecule has 0 saturated heterocycles. The van der Waals surface area contributed by atoms with Gasteiger partial charge in [-0.15, -0.1) is 0 Å². The minimum absolute atomic E-state index is 0.129. The van der Waals surface area contributed by atoms with Crippen molar-refractivity contribution in [3.8, 4) is 11.5 Å². The van der Waals surface area contributed by atoms with Crippen molar-refractivity contribution in [1.29, 1.82) is 0 Å². The predicted molar refractivity (Wildman–Crippen MR) is 100 cm³/mol. The van der Waals surface area contributed by atoms with Crippen LogP contribution in [0.5, 0.6) is 11.5 Å². The Morgan fingerprint density at radius 3 is 2.67 bits per heavy atom. The molecule has 1 aliphatic heterocycles. The van der Waals surface area contributed by atoms with Crippen LogP contribution in [0.3, 0.4) is 0 Å². The van der Waals surface area contributed by atoms with Gasteiger partial charge in [-0.25, -0.2) is 4.39 Å². The van der Waals surface area contributed by atoms with Crippen molar-refractivity contribution < 1.29 is 18.7 Å². The Hall–Kier alpha value is -2.56. The highest BCUT2D eigenvalue weighted by molar-refractivity contribution is 5.77. The number of carbonyl (C=O) groups is 1. The van der Waals surface area contributed by atoms with Gasteiger partial charge in [-0.1, -0.05) is 31.0 Å². The van der Waals surface area contributed by atoms with Gasteiger partial charge in [0, 0.05) is 19.0 Å². The first-order chi connectivity index (χ1) is 13.2. The smallest absolute Gasteiger partial charge is 0.231 e. The van der Waals surface area contributed by atoms with Crippen LogP contribution >= 0.6 is 0 Å². The summed E-state index contributed by atoms with van der Waals surface area (Å²) in [7, 11) is 0. The third kappa shape index (κ3) is 4.24. The number of halogens is 1. The lowest BCUT2D eigenvalue weighted by molar-refractivity contribution is -0.134. The molecule has 4 nitrogen and oxygen atoms in total. The fourth-order valence-electron chi connectivity index (χ4n) is 3.96. The standard InChI is InChI=1S/C22H24FNO3/c23-18-5-3-4-16(12-18)9-11-22(25)24(19-6-1-2-7-19)14-17-8-10-20-21(13-17)27-15-26-20/h3-5,8,10,12-13,19H,1-2,6-7,9,11,14-15H2. The van der Waals surface area contributed by atoms with Crippen LogP contribution in [0.2, 0.25) is 0 Å². The molecule has 0 unspecified atom stereocenters. The number of carbonyl (C=O) groups excluding carboxylic acids is 1. The predicted octanol–water partition coefficient (Wildman–Crippen LogP) is 4.46. The Kier molecular flexibility index (Phi) is 5.28. The van der Waals surface area contributed by atoms with Gasteiger partial charge in [-0.3, -0.25) is 4.79 Å². The number of rotatable bonds is 6. The molecule has 0 atom stereocenters. The van der Waals surface area contributed by atoms with E-state index in [2.05, 4.69) is 0 Å². The molecule has 0 N–H and O–H groups in total. The molecule has 4 rings (SSSR count). The lowest BCUT2D eigenvalue weighted by atomic mass is 10.1. The highest BCUT2D eigenvalue weighted by Gasteiger charge is 2.27. The summed E-state index contributed by atoms with van der Waals surface area (Å²) in [5.41, 5.74) is 1.91. The van der Waals surface area contributed by atoms with E-state index in [1.807, 2.05) is 29.2 Å². The first-order valence-corrected chi connectivity index (χ1v) is 9.61. The molecule has 27 heavy (non-hydrogen) atoms. The third-order valence-electron chi connectivity index (χ3n) is 5.39. The summed E-state index contributed by atoms with van der Waals surface area (Å²) in [6.07, 6.45) is 5.39. The molecule has 2 aromatic carbocycles. The van der Waals surface area contributed by atoms with Gasteiger partial charge in [0.15, 0.2) is 11.5 Å². The number of amides is 1. The van der Waals surface area contributed by atoms with Gasteiger partial charge in [0.2, 0.25) is 12.7 Å². The summed E-state index contributed by atoms with van der Waals surface area (Å²) < 4.78 is 24.2. The number of nitrogens with zero attached hydrogens (tertiary/aromatic N) is 1. The summed E-state index contributed by atoms with van der Waals surface area (Å²) >= 11 is 0. The number of aryl methyl sites for hydroxylation is 1. The third-order valence-corrected chi connectivity index (χ3v) is 5.39. The first kappa shape index (κ1) is 17.8. The van der Waals surface area contributed by atoms with Crippen LogP contribution in [-0.4, -0.2) is 23.6 Å². The molecule has 1 saturated carbocycles. The van der Waals surface area contributed by atoms with Crippen molar-refractivity contribution in [3.05, 3.63) is 59.4 Å². The Balaban J connectivity index is 1.46. The molecule has 1 aliphatic carbocycles. The second kappa shape index (κ2) is 7.99. The van der Waals surface area contributed by atoms with E-state index in [4.69, 9.17) is 9.47 Å².